The normalized spacial score (nSPS) is 12.2. The summed E-state index contributed by atoms with van der Waals surface area (Å²) < 4.78 is 0.886. The third-order valence-corrected chi connectivity index (χ3v) is 4.57. The predicted octanol–water partition coefficient (Wildman–Crippen LogP) is 6.32. The maximum atomic E-state index is 6.10. The van der Waals surface area contributed by atoms with Gasteiger partial charge in [0.15, 0.2) is 0 Å². The number of hydrogen-bond acceptors (Lipinski definition) is 1. The molecular formula is C15H14BrCl2N. The van der Waals surface area contributed by atoms with Crippen molar-refractivity contribution in [3.63, 3.8) is 0 Å². The van der Waals surface area contributed by atoms with Crippen LogP contribution in [0.5, 0.6) is 0 Å². The first-order valence-corrected chi connectivity index (χ1v) is 7.62. The maximum absolute atomic E-state index is 6.10. The van der Waals surface area contributed by atoms with E-state index in [1.54, 1.807) is 0 Å². The van der Waals surface area contributed by atoms with Crippen molar-refractivity contribution in [2.45, 2.75) is 19.4 Å². The highest BCUT2D eigenvalue weighted by atomic mass is 79.9. The van der Waals surface area contributed by atoms with E-state index in [-0.39, 0.29) is 6.04 Å². The summed E-state index contributed by atoms with van der Waals surface area (Å²) in [6, 6.07) is 13.9. The van der Waals surface area contributed by atoms with Crippen LogP contribution in [0.3, 0.4) is 0 Å². The van der Waals surface area contributed by atoms with Gasteiger partial charge in [-0.25, -0.2) is 0 Å². The van der Waals surface area contributed by atoms with Crippen LogP contribution < -0.4 is 5.32 Å². The predicted molar refractivity (Wildman–Crippen MR) is 87.3 cm³/mol. The van der Waals surface area contributed by atoms with Gasteiger partial charge in [0.1, 0.15) is 0 Å². The van der Waals surface area contributed by atoms with Crippen molar-refractivity contribution in [2.75, 3.05) is 5.32 Å². The summed E-state index contributed by atoms with van der Waals surface area (Å²) in [5.74, 6) is 0. The molecule has 19 heavy (non-hydrogen) atoms. The molecule has 2 aromatic rings. The summed E-state index contributed by atoms with van der Waals surface area (Å²) in [5.41, 5.74) is 2.15. The van der Waals surface area contributed by atoms with Gasteiger partial charge in [-0.15, -0.1) is 0 Å². The number of rotatable bonds is 4. The Bertz CT molecular complexity index is 572. The highest BCUT2D eigenvalue weighted by Gasteiger charge is 2.12. The molecule has 0 radical (unpaired) electrons. The molecule has 0 heterocycles. The van der Waals surface area contributed by atoms with Crippen molar-refractivity contribution in [1.82, 2.24) is 0 Å². The molecule has 2 aromatic carbocycles. The van der Waals surface area contributed by atoms with Gasteiger partial charge < -0.3 is 5.32 Å². The molecule has 0 spiro atoms. The lowest BCUT2D eigenvalue weighted by molar-refractivity contribution is 0.749. The highest BCUT2D eigenvalue weighted by molar-refractivity contribution is 9.10. The fourth-order valence-corrected chi connectivity index (χ4v) is 2.70. The smallest absolute Gasteiger partial charge is 0.0593 e. The van der Waals surface area contributed by atoms with Gasteiger partial charge in [0.05, 0.1) is 21.2 Å². The average Bonchev–Trinajstić information content (AvgIpc) is 2.40. The molecule has 0 saturated heterocycles. The number of nitrogens with one attached hydrogen (secondary N) is 1. The van der Waals surface area contributed by atoms with Crippen LogP contribution in [-0.4, -0.2) is 0 Å². The first-order valence-electron chi connectivity index (χ1n) is 6.08. The zero-order chi connectivity index (χ0) is 13.8. The summed E-state index contributed by atoms with van der Waals surface area (Å²) in [4.78, 5) is 0. The number of halogens is 3. The lowest BCUT2D eigenvalue weighted by Crippen LogP contribution is -2.10. The van der Waals surface area contributed by atoms with Crippen LogP contribution in [0.15, 0.2) is 46.9 Å². The van der Waals surface area contributed by atoms with E-state index in [1.807, 2.05) is 36.4 Å². The van der Waals surface area contributed by atoms with E-state index >= 15 is 0 Å². The standard InChI is InChI=1S/C15H14BrCl2N/c1-2-13(10-5-3-6-11(17)9-10)19-14-8-4-7-12(18)15(14)16/h3-9,13,19H,2H2,1H3. The SMILES string of the molecule is CCC(Nc1cccc(Cl)c1Br)c1cccc(Cl)c1. The summed E-state index contributed by atoms with van der Waals surface area (Å²) in [5, 5.41) is 4.94. The molecular weight excluding hydrogens is 345 g/mol. The molecule has 100 valence electrons. The Kier molecular flexibility index (Phi) is 5.14. The number of benzene rings is 2. The minimum atomic E-state index is 0.202. The van der Waals surface area contributed by atoms with E-state index in [2.05, 4.69) is 34.2 Å². The van der Waals surface area contributed by atoms with E-state index < -0.39 is 0 Å². The zero-order valence-electron chi connectivity index (χ0n) is 10.5. The summed E-state index contributed by atoms with van der Waals surface area (Å²) >= 11 is 15.7. The Morgan fingerprint density at radius 1 is 1.16 bits per heavy atom. The Hall–Kier alpha value is -0.700. The largest absolute Gasteiger partial charge is 0.377 e. The van der Waals surface area contributed by atoms with Crippen molar-refractivity contribution in [2.24, 2.45) is 0 Å². The molecule has 1 atom stereocenters. The summed E-state index contributed by atoms with van der Waals surface area (Å²) in [6.07, 6.45) is 0.958. The maximum Gasteiger partial charge on any atom is 0.0593 e. The van der Waals surface area contributed by atoms with Crippen molar-refractivity contribution in [1.29, 1.82) is 0 Å². The molecule has 2 rings (SSSR count). The Labute approximate surface area is 132 Å². The van der Waals surface area contributed by atoms with Crippen LogP contribution in [0.1, 0.15) is 24.9 Å². The van der Waals surface area contributed by atoms with Gasteiger partial charge in [-0.1, -0.05) is 48.3 Å². The quantitative estimate of drug-likeness (QED) is 0.674. The van der Waals surface area contributed by atoms with Crippen LogP contribution in [0.4, 0.5) is 5.69 Å². The van der Waals surface area contributed by atoms with Gasteiger partial charge in [0.2, 0.25) is 0 Å². The monoisotopic (exact) mass is 357 g/mol. The lowest BCUT2D eigenvalue weighted by Gasteiger charge is -2.20. The van der Waals surface area contributed by atoms with Crippen LogP contribution in [-0.2, 0) is 0 Å². The summed E-state index contributed by atoms with van der Waals surface area (Å²) in [6.45, 7) is 2.14. The van der Waals surface area contributed by atoms with Crippen molar-refractivity contribution in [3.05, 3.63) is 62.5 Å². The third-order valence-electron chi connectivity index (χ3n) is 2.94. The minimum absolute atomic E-state index is 0.202. The molecule has 4 heteroatoms. The molecule has 0 bridgehead atoms. The van der Waals surface area contributed by atoms with Gasteiger partial charge in [-0.05, 0) is 52.2 Å². The number of anilines is 1. The van der Waals surface area contributed by atoms with Crippen molar-refractivity contribution in [3.8, 4) is 0 Å². The fraction of sp³-hybridized carbons (Fsp3) is 0.200. The van der Waals surface area contributed by atoms with Crippen LogP contribution in [0.2, 0.25) is 10.0 Å². The van der Waals surface area contributed by atoms with E-state index in [0.717, 1.165) is 21.6 Å². The Morgan fingerprint density at radius 2 is 1.89 bits per heavy atom. The van der Waals surface area contributed by atoms with Gasteiger partial charge in [-0.2, -0.15) is 0 Å². The topological polar surface area (TPSA) is 12.0 Å². The van der Waals surface area contributed by atoms with Gasteiger partial charge in [0.25, 0.3) is 0 Å². The first kappa shape index (κ1) is 14.7. The third kappa shape index (κ3) is 3.65. The molecule has 0 aliphatic heterocycles. The van der Waals surface area contributed by atoms with Gasteiger partial charge in [-0.3, -0.25) is 0 Å². The second-order valence-electron chi connectivity index (χ2n) is 4.26. The number of hydrogen-bond donors (Lipinski definition) is 1. The van der Waals surface area contributed by atoms with E-state index in [1.165, 1.54) is 5.56 Å². The van der Waals surface area contributed by atoms with Crippen molar-refractivity contribution >= 4 is 44.8 Å². The fourth-order valence-electron chi connectivity index (χ4n) is 1.95. The second kappa shape index (κ2) is 6.65. The molecule has 0 aliphatic rings. The molecule has 1 unspecified atom stereocenters. The van der Waals surface area contributed by atoms with E-state index in [9.17, 15) is 0 Å². The molecule has 0 aliphatic carbocycles. The van der Waals surface area contributed by atoms with Gasteiger partial charge >= 0.3 is 0 Å². The molecule has 1 nitrogen and oxygen atoms in total. The molecule has 0 saturated carbocycles. The Morgan fingerprint density at radius 3 is 2.58 bits per heavy atom. The zero-order valence-corrected chi connectivity index (χ0v) is 13.6. The molecule has 0 aromatic heterocycles. The minimum Gasteiger partial charge on any atom is -0.377 e. The van der Waals surface area contributed by atoms with Crippen LogP contribution in [0.25, 0.3) is 0 Å². The highest BCUT2D eigenvalue weighted by Crippen LogP contribution is 2.33. The lowest BCUT2D eigenvalue weighted by atomic mass is 10.0. The van der Waals surface area contributed by atoms with Crippen LogP contribution >= 0.6 is 39.1 Å². The molecule has 0 fully saturated rings. The van der Waals surface area contributed by atoms with E-state index in [0.29, 0.717) is 5.02 Å². The Balaban J connectivity index is 2.26. The first-order chi connectivity index (χ1) is 9.11. The average molecular weight is 359 g/mol. The molecule has 0 amide bonds. The van der Waals surface area contributed by atoms with Crippen molar-refractivity contribution < 1.29 is 0 Å². The van der Waals surface area contributed by atoms with E-state index in [4.69, 9.17) is 23.2 Å². The summed E-state index contributed by atoms with van der Waals surface area (Å²) in [7, 11) is 0. The van der Waals surface area contributed by atoms with Gasteiger partial charge in [0, 0.05) is 5.02 Å². The van der Waals surface area contributed by atoms with Crippen LogP contribution in [0, 0.1) is 0 Å². The second-order valence-corrected chi connectivity index (χ2v) is 5.90. The molecule has 1 N–H and O–H groups in total.